The summed E-state index contributed by atoms with van der Waals surface area (Å²) in [5.74, 6) is -0.271. The molecule has 0 unspecified atom stereocenters. The molecule has 1 aromatic carbocycles. The number of carbonyl (C=O) groups excluding carboxylic acids is 1. The van der Waals surface area contributed by atoms with Gasteiger partial charge < -0.3 is 5.32 Å². The molecule has 5 nitrogen and oxygen atoms in total. The molecular weight excluding hydrogens is 291 g/mol. The van der Waals surface area contributed by atoms with Gasteiger partial charge in [-0.15, -0.1) is 5.10 Å². The average Bonchev–Trinajstić information content (AvgIpc) is 3.13. The molecule has 0 saturated carbocycles. The summed E-state index contributed by atoms with van der Waals surface area (Å²) in [6.45, 7) is 1.52. The standard InChI is InChI=1S/C14H15FN4OS/c15-11-5-3-10(4-6-11)9-19-7-1-2-12(19)14(20)17-13-8-16-18-21-13/h3-6,8,12H,1-2,7,9H2,(H,17,20)/t12-/m0/s1. The van der Waals surface area contributed by atoms with E-state index in [2.05, 4.69) is 19.8 Å². The first-order chi connectivity index (χ1) is 10.2. The minimum absolute atomic E-state index is 0.0272. The number of nitrogens with zero attached hydrogens (tertiary/aromatic N) is 3. The quantitative estimate of drug-likeness (QED) is 0.941. The fraction of sp³-hybridized carbons (Fsp3) is 0.357. The summed E-state index contributed by atoms with van der Waals surface area (Å²) in [4.78, 5) is 14.4. The molecule has 1 atom stereocenters. The Bertz CT molecular complexity index is 602. The third-order valence-electron chi connectivity index (χ3n) is 3.57. The van der Waals surface area contributed by atoms with Crippen LogP contribution in [0.1, 0.15) is 18.4 Å². The number of hydrogen-bond acceptors (Lipinski definition) is 5. The van der Waals surface area contributed by atoms with E-state index >= 15 is 0 Å². The van der Waals surface area contributed by atoms with Crippen molar-refractivity contribution in [2.24, 2.45) is 0 Å². The van der Waals surface area contributed by atoms with Crippen LogP contribution in [0.15, 0.2) is 30.5 Å². The Morgan fingerprint density at radius 2 is 2.24 bits per heavy atom. The maximum Gasteiger partial charge on any atom is 0.242 e. The molecule has 1 fully saturated rings. The number of nitrogens with one attached hydrogen (secondary N) is 1. The first kappa shape index (κ1) is 14.1. The number of halogens is 1. The van der Waals surface area contributed by atoms with Gasteiger partial charge in [-0.2, -0.15) is 0 Å². The molecule has 0 spiro atoms. The smallest absolute Gasteiger partial charge is 0.242 e. The molecule has 0 aliphatic carbocycles. The molecule has 110 valence electrons. The van der Waals surface area contributed by atoms with E-state index in [4.69, 9.17) is 0 Å². The first-order valence-electron chi connectivity index (χ1n) is 6.79. The number of aromatic nitrogens is 2. The highest BCUT2D eigenvalue weighted by molar-refractivity contribution is 7.10. The molecular formula is C14H15FN4OS. The van der Waals surface area contributed by atoms with Crippen LogP contribution in [0.3, 0.4) is 0 Å². The SMILES string of the molecule is O=C(Nc1cnns1)[C@@H]1CCCN1Cc1ccc(F)cc1. The summed E-state index contributed by atoms with van der Waals surface area (Å²) < 4.78 is 16.7. The third kappa shape index (κ3) is 3.43. The molecule has 1 saturated heterocycles. The zero-order chi connectivity index (χ0) is 14.7. The van der Waals surface area contributed by atoms with Gasteiger partial charge in [-0.1, -0.05) is 16.6 Å². The van der Waals surface area contributed by atoms with E-state index in [1.165, 1.54) is 12.1 Å². The molecule has 2 aromatic rings. The fourth-order valence-electron chi connectivity index (χ4n) is 2.56. The second kappa shape index (κ2) is 6.28. The third-order valence-corrected chi connectivity index (χ3v) is 4.15. The van der Waals surface area contributed by atoms with Gasteiger partial charge in [-0.25, -0.2) is 4.39 Å². The maximum absolute atomic E-state index is 12.9. The lowest BCUT2D eigenvalue weighted by Gasteiger charge is -2.23. The predicted molar refractivity (Wildman–Crippen MR) is 78.4 cm³/mol. The molecule has 1 aliphatic rings. The highest BCUT2D eigenvalue weighted by Gasteiger charge is 2.30. The average molecular weight is 306 g/mol. The maximum atomic E-state index is 12.9. The minimum Gasteiger partial charge on any atom is -0.314 e. The fourth-order valence-corrected chi connectivity index (χ4v) is 2.99. The molecule has 1 aromatic heterocycles. The number of hydrogen-bond donors (Lipinski definition) is 1. The summed E-state index contributed by atoms with van der Waals surface area (Å²) in [7, 11) is 0. The topological polar surface area (TPSA) is 58.1 Å². The molecule has 0 radical (unpaired) electrons. The zero-order valence-electron chi connectivity index (χ0n) is 11.3. The second-order valence-electron chi connectivity index (χ2n) is 5.03. The van der Waals surface area contributed by atoms with Crippen LogP contribution in [-0.4, -0.2) is 33.0 Å². The van der Waals surface area contributed by atoms with Gasteiger partial charge in [-0.05, 0) is 37.1 Å². The van der Waals surface area contributed by atoms with Crippen LogP contribution in [0.5, 0.6) is 0 Å². The molecule has 1 amide bonds. The molecule has 7 heteroatoms. The monoisotopic (exact) mass is 306 g/mol. The van der Waals surface area contributed by atoms with Crippen LogP contribution in [0, 0.1) is 5.82 Å². The summed E-state index contributed by atoms with van der Waals surface area (Å²) in [6.07, 6.45) is 3.36. The van der Waals surface area contributed by atoms with Crippen molar-refractivity contribution in [2.45, 2.75) is 25.4 Å². The Hall–Kier alpha value is -1.86. The Kier molecular flexibility index (Phi) is 4.21. The van der Waals surface area contributed by atoms with Crippen molar-refractivity contribution in [3.8, 4) is 0 Å². The van der Waals surface area contributed by atoms with Crippen molar-refractivity contribution >= 4 is 22.4 Å². The number of anilines is 1. The van der Waals surface area contributed by atoms with Gasteiger partial charge in [0.15, 0.2) is 0 Å². The minimum atomic E-state index is -0.243. The van der Waals surface area contributed by atoms with Crippen molar-refractivity contribution in [1.29, 1.82) is 0 Å². The number of amides is 1. The summed E-state index contributed by atoms with van der Waals surface area (Å²) in [5.41, 5.74) is 1.01. The van der Waals surface area contributed by atoms with E-state index in [-0.39, 0.29) is 17.8 Å². The van der Waals surface area contributed by atoms with Crippen LogP contribution >= 0.6 is 11.5 Å². The van der Waals surface area contributed by atoms with Gasteiger partial charge in [0.05, 0.1) is 12.2 Å². The van der Waals surface area contributed by atoms with E-state index in [1.807, 2.05) is 0 Å². The highest BCUT2D eigenvalue weighted by atomic mass is 32.1. The van der Waals surface area contributed by atoms with Crippen LogP contribution in [0.4, 0.5) is 9.39 Å². The van der Waals surface area contributed by atoms with Gasteiger partial charge in [0.1, 0.15) is 10.8 Å². The van der Waals surface area contributed by atoms with Crippen molar-refractivity contribution in [1.82, 2.24) is 14.5 Å². The van der Waals surface area contributed by atoms with Gasteiger partial charge in [0.25, 0.3) is 0 Å². The summed E-state index contributed by atoms with van der Waals surface area (Å²) in [6, 6.07) is 6.26. The highest BCUT2D eigenvalue weighted by Crippen LogP contribution is 2.22. The van der Waals surface area contributed by atoms with Crippen LogP contribution < -0.4 is 5.32 Å². The Balaban J connectivity index is 1.64. The van der Waals surface area contributed by atoms with E-state index in [0.29, 0.717) is 11.5 Å². The molecule has 0 bridgehead atoms. The van der Waals surface area contributed by atoms with Gasteiger partial charge in [-0.3, -0.25) is 9.69 Å². The van der Waals surface area contributed by atoms with Crippen molar-refractivity contribution in [3.63, 3.8) is 0 Å². The van der Waals surface area contributed by atoms with Gasteiger partial charge in [0.2, 0.25) is 5.91 Å². The van der Waals surface area contributed by atoms with Crippen molar-refractivity contribution in [3.05, 3.63) is 41.8 Å². The summed E-state index contributed by atoms with van der Waals surface area (Å²) in [5, 5.41) is 7.20. The van der Waals surface area contributed by atoms with Crippen LogP contribution in [0.25, 0.3) is 0 Å². The number of benzene rings is 1. The largest absolute Gasteiger partial charge is 0.314 e. The van der Waals surface area contributed by atoms with E-state index < -0.39 is 0 Å². The lowest BCUT2D eigenvalue weighted by atomic mass is 10.1. The van der Waals surface area contributed by atoms with E-state index in [1.54, 1.807) is 18.3 Å². The molecule has 1 N–H and O–H groups in total. The van der Waals surface area contributed by atoms with Crippen LogP contribution in [-0.2, 0) is 11.3 Å². The van der Waals surface area contributed by atoms with Crippen molar-refractivity contribution < 1.29 is 9.18 Å². The number of rotatable bonds is 4. The number of likely N-dealkylation sites (tertiary alicyclic amines) is 1. The predicted octanol–water partition coefficient (Wildman–Crippen LogP) is 2.28. The van der Waals surface area contributed by atoms with Gasteiger partial charge in [0, 0.05) is 18.1 Å². The Morgan fingerprint density at radius 3 is 2.95 bits per heavy atom. The molecule has 3 rings (SSSR count). The second-order valence-corrected chi connectivity index (χ2v) is 5.81. The first-order valence-corrected chi connectivity index (χ1v) is 7.56. The van der Waals surface area contributed by atoms with Crippen LogP contribution in [0.2, 0.25) is 0 Å². The van der Waals surface area contributed by atoms with Crippen molar-refractivity contribution in [2.75, 3.05) is 11.9 Å². The van der Waals surface area contributed by atoms with E-state index in [0.717, 1.165) is 36.5 Å². The lowest BCUT2D eigenvalue weighted by Crippen LogP contribution is -2.39. The molecule has 1 aliphatic heterocycles. The Labute approximate surface area is 125 Å². The van der Waals surface area contributed by atoms with Gasteiger partial charge >= 0.3 is 0 Å². The molecule has 2 heterocycles. The zero-order valence-corrected chi connectivity index (χ0v) is 12.1. The number of carbonyl (C=O) groups is 1. The normalized spacial score (nSPS) is 18.8. The van der Waals surface area contributed by atoms with E-state index in [9.17, 15) is 9.18 Å². The molecule has 21 heavy (non-hydrogen) atoms. The Morgan fingerprint density at radius 1 is 1.43 bits per heavy atom. The summed E-state index contributed by atoms with van der Waals surface area (Å²) >= 11 is 1.16. The lowest BCUT2D eigenvalue weighted by molar-refractivity contribution is -0.120.